The Morgan fingerprint density at radius 2 is 1.63 bits per heavy atom. The molecule has 3 aromatic rings. The summed E-state index contributed by atoms with van der Waals surface area (Å²) < 4.78 is 0. The van der Waals surface area contributed by atoms with Crippen molar-refractivity contribution in [3.8, 4) is 11.1 Å². The summed E-state index contributed by atoms with van der Waals surface area (Å²) in [7, 11) is 0. The molecule has 2 nitrogen and oxygen atoms in total. The molecular weight excluding hydrogens is 232 g/mol. The van der Waals surface area contributed by atoms with Crippen molar-refractivity contribution >= 4 is 11.0 Å². The second-order valence-electron chi connectivity index (χ2n) is 4.77. The molecule has 0 saturated heterocycles. The fraction of sp³-hybridized carbons (Fsp3) is 0.176. The highest BCUT2D eigenvalue weighted by Gasteiger charge is 2.02. The first-order valence-electron chi connectivity index (χ1n) is 6.59. The van der Waals surface area contributed by atoms with Crippen molar-refractivity contribution in [3.05, 3.63) is 59.9 Å². The van der Waals surface area contributed by atoms with Crippen LogP contribution >= 0.6 is 0 Å². The number of aromatic nitrogens is 2. The molecule has 0 aliphatic heterocycles. The second-order valence-corrected chi connectivity index (χ2v) is 4.77. The summed E-state index contributed by atoms with van der Waals surface area (Å²) in [4.78, 5) is 8.91. The van der Waals surface area contributed by atoms with Crippen LogP contribution in [0.2, 0.25) is 0 Å². The topological polar surface area (TPSA) is 25.8 Å². The maximum absolute atomic E-state index is 4.48. The molecule has 1 aromatic heterocycles. The highest BCUT2D eigenvalue weighted by atomic mass is 14.8. The van der Waals surface area contributed by atoms with Gasteiger partial charge >= 0.3 is 0 Å². The molecule has 0 spiro atoms. The fourth-order valence-electron chi connectivity index (χ4n) is 2.22. The second kappa shape index (κ2) is 4.81. The van der Waals surface area contributed by atoms with Crippen LogP contribution < -0.4 is 0 Å². The van der Waals surface area contributed by atoms with Crippen molar-refractivity contribution in [3.63, 3.8) is 0 Å². The first-order valence-corrected chi connectivity index (χ1v) is 6.59. The van der Waals surface area contributed by atoms with Gasteiger partial charge in [0.1, 0.15) is 0 Å². The summed E-state index contributed by atoms with van der Waals surface area (Å²) >= 11 is 0. The van der Waals surface area contributed by atoms with E-state index in [2.05, 4.69) is 53.3 Å². The van der Waals surface area contributed by atoms with Gasteiger partial charge in [-0.2, -0.15) is 0 Å². The third-order valence-corrected chi connectivity index (χ3v) is 3.36. The highest BCUT2D eigenvalue weighted by molar-refractivity contribution is 5.81. The van der Waals surface area contributed by atoms with Crippen LogP contribution in [0, 0.1) is 6.92 Å². The molecule has 1 heterocycles. The van der Waals surface area contributed by atoms with Crippen molar-refractivity contribution in [2.24, 2.45) is 0 Å². The van der Waals surface area contributed by atoms with Crippen LogP contribution in [0.3, 0.4) is 0 Å². The predicted molar refractivity (Wildman–Crippen MR) is 79.1 cm³/mol. The number of benzene rings is 2. The number of fused-ring (bicyclic) bond motifs is 1. The van der Waals surface area contributed by atoms with Gasteiger partial charge in [0.2, 0.25) is 0 Å². The lowest BCUT2D eigenvalue weighted by molar-refractivity contribution is 1.14. The molecule has 0 amide bonds. The highest BCUT2D eigenvalue weighted by Crippen LogP contribution is 2.23. The van der Waals surface area contributed by atoms with Crippen molar-refractivity contribution in [1.29, 1.82) is 0 Å². The molecule has 19 heavy (non-hydrogen) atoms. The summed E-state index contributed by atoms with van der Waals surface area (Å²) in [5.74, 6) is 0. The number of rotatable bonds is 2. The minimum absolute atomic E-state index is 0.947. The summed E-state index contributed by atoms with van der Waals surface area (Å²) in [6.45, 7) is 4.13. The Balaban J connectivity index is 2.06. The monoisotopic (exact) mass is 248 g/mol. The van der Waals surface area contributed by atoms with Gasteiger partial charge in [-0.05, 0) is 42.2 Å². The normalized spacial score (nSPS) is 10.8. The van der Waals surface area contributed by atoms with E-state index >= 15 is 0 Å². The maximum Gasteiger partial charge on any atom is 0.0893 e. The zero-order valence-electron chi connectivity index (χ0n) is 11.2. The lowest BCUT2D eigenvalue weighted by atomic mass is 10.0. The van der Waals surface area contributed by atoms with Gasteiger partial charge in [-0.25, -0.2) is 4.98 Å². The summed E-state index contributed by atoms with van der Waals surface area (Å²) in [5.41, 5.74) is 6.62. The molecule has 94 valence electrons. The van der Waals surface area contributed by atoms with E-state index in [1.54, 1.807) is 0 Å². The van der Waals surface area contributed by atoms with Crippen LogP contribution in [0.5, 0.6) is 0 Å². The molecule has 0 bridgehead atoms. The fourth-order valence-corrected chi connectivity index (χ4v) is 2.22. The quantitative estimate of drug-likeness (QED) is 0.680. The number of aryl methyl sites for hydroxylation is 2. The van der Waals surface area contributed by atoms with Gasteiger partial charge < -0.3 is 0 Å². The minimum atomic E-state index is 0.947. The third-order valence-electron chi connectivity index (χ3n) is 3.36. The van der Waals surface area contributed by atoms with Crippen molar-refractivity contribution < 1.29 is 0 Å². The Morgan fingerprint density at radius 3 is 2.37 bits per heavy atom. The van der Waals surface area contributed by atoms with Crippen molar-refractivity contribution in [1.82, 2.24) is 9.97 Å². The number of hydrogen-bond acceptors (Lipinski definition) is 2. The molecular formula is C17H16N2. The molecule has 2 aromatic carbocycles. The van der Waals surface area contributed by atoms with Crippen LogP contribution in [0.1, 0.15) is 18.2 Å². The van der Waals surface area contributed by atoms with Crippen LogP contribution in [0.15, 0.2) is 48.7 Å². The lowest BCUT2D eigenvalue weighted by Gasteiger charge is -2.05. The smallest absolute Gasteiger partial charge is 0.0893 e. The molecule has 0 aliphatic rings. The molecule has 2 heteroatoms. The van der Waals surface area contributed by atoms with E-state index in [-0.39, 0.29) is 0 Å². The zero-order chi connectivity index (χ0) is 13.2. The van der Waals surface area contributed by atoms with Crippen molar-refractivity contribution in [2.75, 3.05) is 0 Å². The van der Waals surface area contributed by atoms with E-state index in [1.807, 2.05) is 19.2 Å². The van der Waals surface area contributed by atoms with E-state index in [9.17, 15) is 0 Å². The van der Waals surface area contributed by atoms with Crippen LogP contribution in [-0.2, 0) is 6.42 Å². The zero-order valence-corrected chi connectivity index (χ0v) is 11.2. The predicted octanol–water partition coefficient (Wildman–Crippen LogP) is 4.17. The SMILES string of the molecule is CCc1ccc(-c2ccc3nc(C)cnc3c2)cc1. The number of hydrogen-bond donors (Lipinski definition) is 0. The Bertz CT molecular complexity index is 715. The number of nitrogens with zero attached hydrogens (tertiary/aromatic N) is 2. The van der Waals surface area contributed by atoms with Gasteiger partial charge in [0.15, 0.2) is 0 Å². The van der Waals surface area contributed by atoms with Crippen LogP contribution in [0.4, 0.5) is 0 Å². The molecule has 0 aliphatic carbocycles. The lowest BCUT2D eigenvalue weighted by Crippen LogP contribution is -1.88. The Labute approximate surface area is 113 Å². The first-order chi connectivity index (χ1) is 9.26. The molecule has 0 radical (unpaired) electrons. The van der Waals surface area contributed by atoms with E-state index in [4.69, 9.17) is 0 Å². The Morgan fingerprint density at radius 1 is 0.895 bits per heavy atom. The molecule has 0 fully saturated rings. The van der Waals surface area contributed by atoms with E-state index in [1.165, 1.54) is 16.7 Å². The average molecular weight is 248 g/mol. The van der Waals surface area contributed by atoms with Gasteiger partial charge in [0, 0.05) is 6.20 Å². The maximum atomic E-state index is 4.48. The molecule has 0 N–H and O–H groups in total. The molecule has 0 saturated carbocycles. The molecule has 3 rings (SSSR count). The van der Waals surface area contributed by atoms with Crippen molar-refractivity contribution in [2.45, 2.75) is 20.3 Å². The van der Waals surface area contributed by atoms with E-state index in [0.717, 1.165) is 23.1 Å². The van der Waals surface area contributed by atoms with E-state index < -0.39 is 0 Å². The Kier molecular flexibility index (Phi) is 3.00. The Hall–Kier alpha value is -2.22. The van der Waals surface area contributed by atoms with Gasteiger partial charge in [0.25, 0.3) is 0 Å². The standard InChI is InChI=1S/C17H16N2/c1-3-13-4-6-14(7-5-13)15-8-9-16-17(10-15)18-11-12(2)19-16/h4-11H,3H2,1-2H3. The van der Waals surface area contributed by atoms with Gasteiger partial charge in [0.05, 0.1) is 16.7 Å². The molecule has 0 unspecified atom stereocenters. The summed E-state index contributed by atoms with van der Waals surface area (Å²) in [5, 5.41) is 0. The minimum Gasteiger partial charge on any atom is -0.253 e. The average Bonchev–Trinajstić information content (AvgIpc) is 2.47. The first kappa shape index (κ1) is 11.8. The van der Waals surface area contributed by atoms with Crippen LogP contribution in [0.25, 0.3) is 22.2 Å². The van der Waals surface area contributed by atoms with Gasteiger partial charge in [-0.15, -0.1) is 0 Å². The van der Waals surface area contributed by atoms with Crippen LogP contribution in [-0.4, -0.2) is 9.97 Å². The van der Waals surface area contributed by atoms with Gasteiger partial charge in [-0.1, -0.05) is 37.3 Å². The summed E-state index contributed by atoms with van der Waals surface area (Å²) in [6.07, 6.45) is 2.88. The third kappa shape index (κ3) is 2.34. The largest absolute Gasteiger partial charge is 0.253 e. The van der Waals surface area contributed by atoms with E-state index in [0.29, 0.717) is 0 Å². The van der Waals surface area contributed by atoms with Gasteiger partial charge in [-0.3, -0.25) is 4.98 Å². The summed E-state index contributed by atoms with van der Waals surface area (Å²) in [6, 6.07) is 14.9. The molecule has 0 atom stereocenters.